The number of nitrogens with zero attached hydrogens (tertiary/aromatic N) is 1. The van der Waals surface area contributed by atoms with Gasteiger partial charge in [-0.25, -0.2) is 4.39 Å². The van der Waals surface area contributed by atoms with Crippen LogP contribution in [0.2, 0.25) is 0 Å². The van der Waals surface area contributed by atoms with E-state index >= 15 is 0 Å². The molecule has 2 aromatic carbocycles. The van der Waals surface area contributed by atoms with E-state index in [0.29, 0.717) is 30.7 Å². The van der Waals surface area contributed by atoms with Crippen LogP contribution in [0.15, 0.2) is 42.5 Å². The van der Waals surface area contributed by atoms with Crippen LogP contribution in [0.4, 0.5) is 4.39 Å². The van der Waals surface area contributed by atoms with Crippen molar-refractivity contribution < 1.29 is 13.9 Å². The van der Waals surface area contributed by atoms with E-state index in [2.05, 4.69) is 46.4 Å². The van der Waals surface area contributed by atoms with Crippen LogP contribution in [0.5, 0.6) is 0 Å². The molecule has 152 valence electrons. The van der Waals surface area contributed by atoms with Gasteiger partial charge in [0.1, 0.15) is 5.82 Å². The molecule has 1 fully saturated rings. The van der Waals surface area contributed by atoms with Crippen molar-refractivity contribution in [2.75, 3.05) is 32.8 Å². The molecule has 5 nitrogen and oxygen atoms in total. The third-order valence-corrected chi connectivity index (χ3v) is 5.58. The van der Waals surface area contributed by atoms with Crippen molar-refractivity contribution in [2.45, 2.75) is 19.9 Å². The first-order valence-electron chi connectivity index (χ1n) is 9.97. The number of benzene rings is 2. The Balaban J connectivity index is 1.57. The number of ether oxygens (including phenoxy) is 1. The van der Waals surface area contributed by atoms with Crippen molar-refractivity contribution in [1.29, 1.82) is 0 Å². The number of carbonyl (C=O) groups is 1. The lowest BCUT2D eigenvalue weighted by Gasteiger charge is -2.35. The highest BCUT2D eigenvalue weighted by Crippen LogP contribution is 2.25. The standard InChI is InChI=1S/C23H26FN3O2/c1-15-3-5-17(6-4-15)21(27-9-11-29-12-10-27)14-25-23(28)22-16(2)26-20-8-7-18(24)13-19(20)22/h3-8,13,21,26H,9-12,14H2,1-2H3,(H,25,28). The molecule has 0 saturated carbocycles. The maximum atomic E-state index is 13.7. The van der Waals surface area contributed by atoms with Gasteiger partial charge in [-0.3, -0.25) is 9.69 Å². The Kier molecular flexibility index (Phi) is 5.65. The van der Waals surface area contributed by atoms with Crippen LogP contribution < -0.4 is 5.32 Å². The predicted octanol–water partition coefficient (Wildman–Crippen LogP) is 3.73. The summed E-state index contributed by atoms with van der Waals surface area (Å²) in [7, 11) is 0. The molecule has 1 saturated heterocycles. The first-order chi connectivity index (χ1) is 14.0. The molecular weight excluding hydrogens is 369 g/mol. The zero-order valence-electron chi connectivity index (χ0n) is 16.8. The van der Waals surface area contributed by atoms with Crippen LogP contribution in [0.1, 0.15) is 33.2 Å². The van der Waals surface area contributed by atoms with Crippen molar-refractivity contribution in [3.8, 4) is 0 Å². The smallest absolute Gasteiger partial charge is 0.253 e. The molecule has 2 heterocycles. The van der Waals surface area contributed by atoms with Crippen molar-refractivity contribution in [3.05, 3.63) is 70.7 Å². The molecule has 0 spiro atoms. The monoisotopic (exact) mass is 395 g/mol. The predicted molar refractivity (Wildman–Crippen MR) is 112 cm³/mol. The number of aromatic nitrogens is 1. The van der Waals surface area contributed by atoms with Crippen LogP contribution in [0.3, 0.4) is 0 Å². The molecule has 1 amide bonds. The summed E-state index contributed by atoms with van der Waals surface area (Å²) in [6.45, 7) is 7.41. The summed E-state index contributed by atoms with van der Waals surface area (Å²) in [5, 5.41) is 3.69. The molecule has 1 atom stereocenters. The first-order valence-corrected chi connectivity index (χ1v) is 9.97. The van der Waals surface area contributed by atoms with Crippen molar-refractivity contribution in [3.63, 3.8) is 0 Å². The van der Waals surface area contributed by atoms with Crippen LogP contribution in [0, 0.1) is 19.7 Å². The molecule has 2 N–H and O–H groups in total. The zero-order chi connectivity index (χ0) is 20.4. The number of rotatable bonds is 5. The molecule has 1 unspecified atom stereocenters. The van der Waals surface area contributed by atoms with E-state index in [1.165, 1.54) is 23.3 Å². The largest absolute Gasteiger partial charge is 0.379 e. The zero-order valence-corrected chi connectivity index (χ0v) is 16.8. The molecule has 1 aliphatic heterocycles. The second-order valence-corrected chi connectivity index (χ2v) is 7.60. The van der Waals surface area contributed by atoms with E-state index in [-0.39, 0.29) is 17.8 Å². The minimum absolute atomic E-state index is 0.0608. The number of halogens is 1. The van der Waals surface area contributed by atoms with E-state index in [0.717, 1.165) is 24.3 Å². The number of amides is 1. The summed E-state index contributed by atoms with van der Waals surface area (Å²) in [5.41, 5.74) is 4.37. The maximum Gasteiger partial charge on any atom is 0.253 e. The minimum atomic E-state index is -0.351. The normalized spacial score (nSPS) is 16.1. The van der Waals surface area contributed by atoms with Gasteiger partial charge < -0.3 is 15.0 Å². The molecule has 0 radical (unpaired) electrons. The highest BCUT2D eigenvalue weighted by atomic mass is 19.1. The Bertz CT molecular complexity index is 1010. The van der Waals surface area contributed by atoms with Gasteiger partial charge in [-0.1, -0.05) is 29.8 Å². The number of H-pyrrole nitrogens is 1. The number of hydrogen-bond donors (Lipinski definition) is 2. The Morgan fingerprint density at radius 3 is 2.62 bits per heavy atom. The van der Waals surface area contributed by atoms with Crippen molar-refractivity contribution >= 4 is 16.8 Å². The molecule has 1 aromatic heterocycles. The molecule has 0 bridgehead atoms. The fourth-order valence-corrected chi connectivity index (χ4v) is 4.00. The molecular formula is C23H26FN3O2. The third kappa shape index (κ3) is 4.18. The molecule has 1 aliphatic rings. The van der Waals surface area contributed by atoms with Gasteiger partial charge in [-0.2, -0.15) is 0 Å². The van der Waals surface area contributed by atoms with E-state index in [1.54, 1.807) is 6.07 Å². The summed E-state index contributed by atoms with van der Waals surface area (Å²) in [6, 6.07) is 13.0. The van der Waals surface area contributed by atoms with E-state index in [9.17, 15) is 9.18 Å². The Morgan fingerprint density at radius 1 is 1.17 bits per heavy atom. The summed E-state index contributed by atoms with van der Waals surface area (Å²) in [4.78, 5) is 18.5. The summed E-state index contributed by atoms with van der Waals surface area (Å²) >= 11 is 0. The van der Waals surface area contributed by atoms with E-state index in [1.807, 2.05) is 6.92 Å². The molecule has 0 aliphatic carbocycles. The number of hydrogen-bond acceptors (Lipinski definition) is 3. The van der Waals surface area contributed by atoms with E-state index in [4.69, 9.17) is 4.74 Å². The quantitative estimate of drug-likeness (QED) is 0.692. The number of carbonyl (C=O) groups excluding carboxylic acids is 1. The highest BCUT2D eigenvalue weighted by Gasteiger charge is 2.24. The van der Waals surface area contributed by atoms with Gasteiger partial charge in [-0.05, 0) is 37.6 Å². The van der Waals surface area contributed by atoms with Gasteiger partial charge >= 0.3 is 0 Å². The third-order valence-electron chi connectivity index (χ3n) is 5.58. The van der Waals surface area contributed by atoms with Gasteiger partial charge in [0, 0.05) is 36.2 Å². The average Bonchev–Trinajstić information content (AvgIpc) is 3.05. The van der Waals surface area contributed by atoms with Gasteiger partial charge in [0.15, 0.2) is 0 Å². The second-order valence-electron chi connectivity index (χ2n) is 7.60. The number of fused-ring (bicyclic) bond motifs is 1. The topological polar surface area (TPSA) is 57.4 Å². The lowest BCUT2D eigenvalue weighted by Crippen LogP contribution is -2.43. The fourth-order valence-electron chi connectivity index (χ4n) is 4.00. The highest BCUT2D eigenvalue weighted by molar-refractivity contribution is 6.08. The molecule has 3 aromatic rings. The van der Waals surface area contributed by atoms with Crippen LogP contribution >= 0.6 is 0 Å². The fraction of sp³-hybridized carbons (Fsp3) is 0.348. The Labute approximate surface area is 169 Å². The molecule has 6 heteroatoms. The molecule has 29 heavy (non-hydrogen) atoms. The Morgan fingerprint density at radius 2 is 1.90 bits per heavy atom. The number of morpholine rings is 1. The van der Waals surface area contributed by atoms with Crippen molar-refractivity contribution in [2.24, 2.45) is 0 Å². The number of aryl methyl sites for hydroxylation is 2. The van der Waals surface area contributed by atoms with Crippen LogP contribution in [-0.4, -0.2) is 48.6 Å². The summed E-state index contributed by atoms with van der Waals surface area (Å²) in [5.74, 6) is -0.541. The Hall–Kier alpha value is -2.70. The minimum Gasteiger partial charge on any atom is -0.379 e. The summed E-state index contributed by atoms with van der Waals surface area (Å²) < 4.78 is 19.2. The average molecular weight is 395 g/mol. The number of nitrogens with one attached hydrogen (secondary N) is 2. The summed E-state index contributed by atoms with van der Waals surface area (Å²) in [6.07, 6.45) is 0. The number of aromatic amines is 1. The van der Waals surface area contributed by atoms with Gasteiger partial charge in [0.25, 0.3) is 5.91 Å². The van der Waals surface area contributed by atoms with Gasteiger partial charge in [0.05, 0.1) is 24.8 Å². The van der Waals surface area contributed by atoms with Crippen LogP contribution in [-0.2, 0) is 4.74 Å². The lowest BCUT2D eigenvalue weighted by molar-refractivity contribution is 0.0162. The maximum absolute atomic E-state index is 13.7. The van der Waals surface area contributed by atoms with Gasteiger partial charge in [-0.15, -0.1) is 0 Å². The lowest BCUT2D eigenvalue weighted by atomic mass is 10.0. The molecule has 4 rings (SSSR count). The first kappa shape index (κ1) is 19.6. The second kappa shape index (κ2) is 8.35. The SMILES string of the molecule is Cc1ccc(C(CNC(=O)c2c(C)[nH]c3ccc(F)cc23)N2CCOCC2)cc1. The van der Waals surface area contributed by atoms with E-state index < -0.39 is 0 Å². The van der Waals surface area contributed by atoms with Crippen molar-refractivity contribution in [1.82, 2.24) is 15.2 Å². The van der Waals surface area contributed by atoms with Gasteiger partial charge in [0.2, 0.25) is 0 Å². The van der Waals surface area contributed by atoms with Crippen LogP contribution in [0.25, 0.3) is 10.9 Å².